The standard InChI is InChI=1S/C21H25N3O5S/c1-2-29-21(26)18-9-11-19(12-10-18)22-20(25)16-24-14-6-13-23(30(24,27)28)15-17-7-4-3-5-8-17/h3-5,7-12H,2,6,13-16H2,1H3,(H,22,25). The van der Waals surface area contributed by atoms with Crippen molar-refractivity contribution in [1.29, 1.82) is 0 Å². The van der Waals surface area contributed by atoms with Crippen molar-refractivity contribution in [3.63, 3.8) is 0 Å². The summed E-state index contributed by atoms with van der Waals surface area (Å²) in [6.07, 6.45) is 0.646. The van der Waals surface area contributed by atoms with Gasteiger partial charge >= 0.3 is 5.97 Å². The van der Waals surface area contributed by atoms with Gasteiger partial charge in [0.15, 0.2) is 0 Å². The number of carbonyl (C=O) groups is 2. The number of carbonyl (C=O) groups excluding carboxylic acids is 2. The van der Waals surface area contributed by atoms with Crippen LogP contribution in [0.5, 0.6) is 0 Å². The lowest BCUT2D eigenvalue weighted by atomic mass is 10.2. The minimum atomic E-state index is -3.73. The highest BCUT2D eigenvalue weighted by Gasteiger charge is 2.34. The second-order valence-electron chi connectivity index (χ2n) is 6.86. The van der Waals surface area contributed by atoms with Crippen molar-refractivity contribution in [1.82, 2.24) is 8.61 Å². The lowest BCUT2D eigenvalue weighted by Gasteiger charge is -2.34. The number of amides is 1. The maximum Gasteiger partial charge on any atom is 0.338 e. The molecule has 3 rings (SSSR count). The van der Waals surface area contributed by atoms with Gasteiger partial charge in [0.05, 0.1) is 18.7 Å². The van der Waals surface area contributed by atoms with Gasteiger partial charge in [-0.25, -0.2) is 4.79 Å². The Labute approximate surface area is 176 Å². The molecule has 1 fully saturated rings. The minimum absolute atomic E-state index is 0.271. The molecule has 0 aliphatic carbocycles. The van der Waals surface area contributed by atoms with Gasteiger partial charge in [0.2, 0.25) is 5.91 Å². The molecule has 0 saturated carbocycles. The molecule has 160 valence electrons. The average molecular weight is 432 g/mol. The SMILES string of the molecule is CCOC(=O)c1ccc(NC(=O)CN2CCCN(Cc3ccccc3)S2(=O)=O)cc1. The van der Waals surface area contributed by atoms with Crippen molar-refractivity contribution < 1.29 is 22.7 Å². The predicted molar refractivity (Wildman–Crippen MR) is 113 cm³/mol. The van der Waals surface area contributed by atoms with Crippen molar-refractivity contribution in [2.24, 2.45) is 0 Å². The smallest absolute Gasteiger partial charge is 0.338 e. The lowest BCUT2D eigenvalue weighted by Crippen LogP contribution is -2.51. The average Bonchev–Trinajstić information content (AvgIpc) is 2.72. The Kier molecular flexibility index (Phi) is 7.20. The number of ether oxygens (including phenoxy) is 1. The molecule has 2 aromatic carbocycles. The van der Waals surface area contributed by atoms with Crippen LogP contribution < -0.4 is 5.32 Å². The molecule has 1 aliphatic heterocycles. The Bertz CT molecular complexity index is 977. The monoisotopic (exact) mass is 431 g/mol. The third-order valence-electron chi connectivity index (χ3n) is 4.67. The van der Waals surface area contributed by atoms with Gasteiger partial charge in [-0.2, -0.15) is 17.0 Å². The lowest BCUT2D eigenvalue weighted by molar-refractivity contribution is -0.116. The van der Waals surface area contributed by atoms with E-state index >= 15 is 0 Å². The first-order valence-corrected chi connectivity index (χ1v) is 11.2. The van der Waals surface area contributed by atoms with E-state index in [0.29, 0.717) is 30.8 Å². The highest BCUT2D eigenvalue weighted by molar-refractivity contribution is 7.86. The summed E-state index contributed by atoms with van der Waals surface area (Å²) < 4.78 is 33.3. The van der Waals surface area contributed by atoms with Crippen molar-refractivity contribution in [2.75, 3.05) is 31.6 Å². The van der Waals surface area contributed by atoms with Crippen LogP contribution in [-0.4, -0.2) is 55.1 Å². The molecular weight excluding hydrogens is 406 g/mol. The largest absolute Gasteiger partial charge is 0.462 e. The summed E-state index contributed by atoms with van der Waals surface area (Å²) >= 11 is 0. The highest BCUT2D eigenvalue weighted by atomic mass is 32.2. The van der Waals surface area contributed by atoms with Gasteiger partial charge in [0.25, 0.3) is 10.2 Å². The number of benzene rings is 2. The second-order valence-corrected chi connectivity index (χ2v) is 8.79. The Balaban J connectivity index is 1.60. The zero-order valence-corrected chi connectivity index (χ0v) is 17.6. The second kappa shape index (κ2) is 9.84. The van der Waals surface area contributed by atoms with E-state index < -0.39 is 22.1 Å². The number of nitrogens with zero attached hydrogens (tertiary/aromatic N) is 2. The van der Waals surface area contributed by atoms with Gasteiger partial charge in [-0.1, -0.05) is 30.3 Å². The van der Waals surface area contributed by atoms with Crippen LogP contribution in [0.1, 0.15) is 29.3 Å². The molecule has 0 atom stereocenters. The molecule has 1 N–H and O–H groups in total. The van der Waals surface area contributed by atoms with Crippen molar-refractivity contribution in [3.8, 4) is 0 Å². The van der Waals surface area contributed by atoms with E-state index in [2.05, 4.69) is 5.32 Å². The van der Waals surface area contributed by atoms with E-state index in [0.717, 1.165) is 5.56 Å². The van der Waals surface area contributed by atoms with E-state index in [1.165, 1.54) is 8.61 Å². The molecule has 0 spiro atoms. The summed E-state index contributed by atoms with van der Waals surface area (Å²) in [4.78, 5) is 24.1. The summed E-state index contributed by atoms with van der Waals surface area (Å²) in [5.41, 5.74) is 1.75. The fraction of sp³-hybridized carbons (Fsp3) is 0.333. The molecule has 1 aliphatic rings. The number of esters is 1. The molecule has 9 heteroatoms. The van der Waals surface area contributed by atoms with Crippen molar-refractivity contribution in [2.45, 2.75) is 19.9 Å². The normalized spacial score (nSPS) is 16.7. The predicted octanol–water partition coefficient (Wildman–Crippen LogP) is 2.25. The highest BCUT2D eigenvalue weighted by Crippen LogP contribution is 2.19. The molecule has 30 heavy (non-hydrogen) atoms. The first-order chi connectivity index (χ1) is 14.4. The summed E-state index contributed by atoms with van der Waals surface area (Å²) in [5.74, 6) is -0.877. The fourth-order valence-corrected chi connectivity index (χ4v) is 4.83. The Morgan fingerprint density at radius 1 is 1.00 bits per heavy atom. The van der Waals surface area contributed by atoms with Crippen molar-refractivity contribution >= 4 is 27.8 Å². The number of hydrogen-bond acceptors (Lipinski definition) is 5. The van der Waals surface area contributed by atoms with Gasteiger partial charge in [0, 0.05) is 25.3 Å². The molecule has 1 amide bonds. The first kappa shape index (κ1) is 21.9. The number of hydrogen-bond donors (Lipinski definition) is 1. The molecule has 1 saturated heterocycles. The Hall–Kier alpha value is -2.75. The Morgan fingerprint density at radius 2 is 1.67 bits per heavy atom. The van der Waals surface area contributed by atoms with E-state index in [4.69, 9.17) is 4.74 Å². The van der Waals surface area contributed by atoms with E-state index in [9.17, 15) is 18.0 Å². The van der Waals surface area contributed by atoms with Gasteiger partial charge in [-0.05, 0) is 43.2 Å². The van der Waals surface area contributed by atoms with Gasteiger partial charge in [-0.15, -0.1) is 0 Å². The van der Waals surface area contributed by atoms with E-state index in [1.807, 2.05) is 30.3 Å². The minimum Gasteiger partial charge on any atom is -0.462 e. The molecule has 0 radical (unpaired) electrons. The summed E-state index contributed by atoms with van der Waals surface area (Å²) in [6.45, 7) is 2.72. The van der Waals surface area contributed by atoms with Gasteiger partial charge in [0.1, 0.15) is 0 Å². The van der Waals surface area contributed by atoms with Gasteiger partial charge < -0.3 is 10.1 Å². The molecule has 8 nitrogen and oxygen atoms in total. The van der Waals surface area contributed by atoms with E-state index in [-0.39, 0.29) is 19.7 Å². The summed E-state index contributed by atoms with van der Waals surface area (Å²) in [6, 6.07) is 15.6. The Morgan fingerprint density at radius 3 is 2.33 bits per heavy atom. The zero-order valence-electron chi connectivity index (χ0n) is 16.8. The third-order valence-corrected chi connectivity index (χ3v) is 6.60. The van der Waals surface area contributed by atoms with Crippen LogP contribution in [-0.2, 0) is 26.3 Å². The number of anilines is 1. The number of nitrogens with one attached hydrogen (secondary N) is 1. The summed E-state index contributed by atoms with van der Waals surface area (Å²) in [5, 5.41) is 2.67. The molecule has 0 aromatic heterocycles. The van der Waals surface area contributed by atoms with Crippen LogP contribution in [0.4, 0.5) is 5.69 Å². The van der Waals surface area contributed by atoms with Gasteiger partial charge in [-0.3, -0.25) is 4.79 Å². The maximum atomic E-state index is 12.9. The molecule has 1 heterocycles. The van der Waals surface area contributed by atoms with Crippen molar-refractivity contribution in [3.05, 3.63) is 65.7 Å². The summed E-state index contributed by atoms with van der Waals surface area (Å²) in [7, 11) is -3.73. The van der Waals surface area contributed by atoms with Crippen LogP contribution in [0.25, 0.3) is 0 Å². The maximum absolute atomic E-state index is 12.9. The van der Waals surface area contributed by atoms with Crippen LogP contribution in [0.15, 0.2) is 54.6 Å². The molecule has 0 bridgehead atoms. The number of rotatable bonds is 7. The first-order valence-electron chi connectivity index (χ1n) is 9.76. The van der Waals surface area contributed by atoms with E-state index in [1.54, 1.807) is 31.2 Å². The fourth-order valence-electron chi connectivity index (χ4n) is 3.19. The topological polar surface area (TPSA) is 96.0 Å². The third kappa shape index (κ3) is 5.44. The molecular formula is C21H25N3O5S. The van der Waals surface area contributed by atoms with Crippen LogP contribution >= 0.6 is 0 Å². The quantitative estimate of drug-likeness (QED) is 0.679. The zero-order chi connectivity index (χ0) is 21.6. The molecule has 0 unspecified atom stereocenters. The molecule has 2 aromatic rings. The van der Waals surface area contributed by atoms with Crippen LogP contribution in [0.2, 0.25) is 0 Å². The van der Waals surface area contributed by atoms with Crippen LogP contribution in [0.3, 0.4) is 0 Å². The van der Waals surface area contributed by atoms with Crippen LogP contribution in [0, 0.1) is 0 Å².